The fourth-order valence-electron chi connectivity index (χ4n) is 2.36. The molecule has 0 heterocycles. The first-order valence-electron chi connectivity index (χ1n) is 6.78. The number of carbonyl (C=O) groups is 1. The Hall–Kier alpha value is -1.06. The molecular weight excluding hydrogens is 260 g/mol. The largest absolute Gasteiger partial charge is 0.337 e. The SMILES string of the molecule is CCN(Cc1ccccc1Cl)C(=O)C(C)(N)C1CC1. The van der Waals surface area contributed by atoms with Gasteiger partial charge >= 0.3 is 0 Å². The molecule has 0 spiro atoms. The van der Waals surface area contributed by atoms with Gasteiger partial charge in [-0.05, 0) is 44.2 Å². The summed E-state index contributed by atoms with van der Waals surface area (Å²) < 4.78 is 0. The van der Waals surface area contributed by atoms with Crippen molar-refractivity contribution in [3.05, 3.63) is 34.9 Å². The summed E-state index contributed by atoms with van der Waals surface area (Å²) in [6, 6.07) is 7.62. The zero-order valence-electron chi connectivity index (χ0n) is 11.5. The number of likely N-dealkylation sites (N-methyl/N-ethyl adjacent to an activating group) is 1. The molecule has 0 radical (unpaired) electrons. The molecule has 0 saturated heterocycles. The molecule has 2 N–H and O–H groups in total. The quantitative estimate of drug-likeness (QED) is 0.901. The maximum Gasteiger partial charge on any atom is 0.242 e. The first kappa shape index (κ1) is 14.4. The van der Waals surface area contributed by atoms with Gasteiger partial charge in [0.2, 0.25) is 5.91 Å². The molecule has 1 aliphatic rings. The van der Waals surface area contributed by atoms with Crippen LogP contribution in [0, 0.1) is 5.92 Å². The van der Waals surface area contributed by atoms with Crippen molar-refractivity contribution < 1.29 is 4.79 Å². The minimum atomic E-state index is -0.739. The molecule has 1 aliphatic carbocycles. The van der Waals surface area contributed by atoms with E-state index < -0.39 is 5.54 Å². The van der Waals surface area contributed by atoms with Crippen LogP contribution in [-0.2, 0) is 11.3 Å². The van der Waals surface area contributed by atoms with Crippen LogP contribution in [0.15, 0.2) is 24.3 Å². The third-order valence-electron chi connectivity index (χ3n) is 3.87. The van der Waals surface area contributed by atoms with Gasteiger partial charge in [0.15, 0.2) is 0 Å². The number of nitrogens with two attached hydrogens (primary N) is 1. The lowest BCUT2D eigenvalue weighted by Crippen LogP contribution is -2.54. The molecule has 1 amide bonds. The summed E-state index contributed by atoms with van der Waals surface area (Å²) in [6.45, 7) is 4.98. The molecule has 1 atom stereocenters. The van der Waals surface area contributed by atoms with Crippen molar-refractivity contribution in [2.75, 3.05) is 6.54 Å². The third-order valence-corrected chi connectivity index (χ3v) is 4.24. The lowest BCUT2D eigenvalue weighted by molar-refractivity contribution is -0.137. The van der Waals surface area contributed by atoms with Crippen LogP contribution in [0.4, 0.5) is 0 Å². The lowest BCUT2D eigenvalue weighted by Gasteiger charge is -2.31. The number of hydrogen-bond donors (Lipinski definition) is 1. The normalized spacial score (nSPS) is 17.9. The first-order valence-corrected chi connectivity index (χ1v) is 7.16. The van der Waals surface area contributed by atoms with E-state index in [2.05, 4.69) is 0 Å². The summed E-state index contributed by atoms with van der Waals surface area (Å²) in [4.78, 5) is 14.3. The fourth-order valence-corrected chi connectivity index (χ4v) is 2.55. The molecule has 1 aromatic carbocycles. The summed E-state index contributed by atoms with van der Waals surface area (Å²) >= 11 is 6.15. The second-order valence-electron chi connectivity index (χ2n) is 5.47. The van der Waals surface area contributed by atoms with Gasteiger partial charge < -0.3 is 10.6 Å². The molecule has 19 heavy (non-hydrogen) atoms. The highest BCUT2D eigenvalue weighted by atomic mass is 35.5. The van der Waals surface area contributed by atoms with E-state index in [9.17, 15) is 4.79 Å². The van der Waals surface area contributed by atoms with Gasteiger partial charge in [-0.1, -0.05) is 29.8 Å². The fraction of sp³-hybridized carbons (Fsp3) is 0.533. The van der Waals surface area contributed by atoms with Gasteiger partial charge in [-0.3, -0.25) is 4.79 Å². The van der Waals surface area contributed by atoms with E-state index in [4.69, 9.17) is 17.3 Å². The number of carbonyl (C=O) groups excluding carboxylic acids is 1. The minimum Gasteiger partial charge on any atom is -0.337 e. The van der Waals surface area contributed by atoms with Crippen LogP contribution in [0.1, 0.15) is 32.3 Å². The van der Waals surface area contributed by atoms with Gasteiger partial charge in [-0.15, -0.1) is 0 Å². The molecule has 2 rings (SSSR count). The molecule has 104 valence electrons. The van der Waals surface area contributed by atoms with Crippen LogP contribution in [0.2, 0.25) is 5.02 Å². The van der Waals surface area contributed by atoms with Crippen LogP contribution in [0.5, 0.6) is 0 Å². The van der Waals surface area contributed by atoms with Crippen molar-refractivity contribution in [3.63, 3.8) is 0 Å². The van der Waals surface area contributed by atoms with Gasteiger partial charge in [0, 0.05) is 18.1 Å². The maximum absolute atomic E-state index is 12.6. The van der Waals surface area contributed by atoms with Crippen molar-refractivity contribution in [1.29, 1.82) is 0 Å². The average Bonchev–Trinajstić information content (AvgIpc) is 3.21. The monoisotopic (exact) mass is 280 g/mol. The summed E-state index contributed by atoms with van der Waals surface area (Å²) in [5.74, 6) is 0.359. The molecule has 1 aromatic rings. The van der Waals surface area contributed by atoms with E-state index >= 15 is 0 Å². The maximum atomic E-state index is 12.6. The van der Waals surface area contributed by atoms with E-state index in [1.54, 1.807) is 4.90 Å². The molecule has 1 fully saturated rings. The number of rotatable bonds is 5. The first-order chi connectivity index (χ1) is 8.96. The predicted octanol–water partition coefficient (Wildman–Crippen LogP) is 2.82. The molecule has 0 aromatic heterocycles. The minimum absolute atomic E-state index is 0.0254. The molecule has 1 saturated carbocycles. The zero-order valence-corrected chi connectivity index (χ0v) is 12.3. The Kier molecular flexibility index (Phi) is 4.16. The van der Waals surface area contributed by atoms with Crippen molar-refractivity contribution in [2.45, 2.75) is 38.8 Å². The van der Waals surface area contributed by atoms with Crippen molar-refractivity contribution >= 4 is 17.5 Å². The predicted molar refractivity (Wildman–Crippen MR) is 77.9 cm³/mol. The summed E-state index contributed by atoms with van der Waals surface area (Å²) in [5.41, 5.74) is 6.43. The molecule has 4 heteroatoms. The summed E-state index contributed by atoms with van der Waals surface area (Å²) in [6.07, 6.45) is 2.12. The Morgan fingerprint density at radius 1 is 1.47 bits per heavy atom. The number of hydrogen-bond acceptors (Lipinski definition) is 2. The van der Waals surface area contributed by atoms with E-state index in [1.807, 2.05) is 38.1 Å². The van der Waals surface area contributed by atoms with Gasteiger partial charge in [0.05, 0.1) is 5.54 Å². The third kappa shape index (κ3) is 3.10. The standard InChI is InChI=1S/C15H21ClN2O/c1-3-18(10-11-6-4-5-7-13(11)16)14(19)15(2,17)12-8-9-12/h4-7,12H,3,8-10,17H2,1-2H3. The topological polar surface area (TPSA) is 46.3 Å². The summed E-state index contributed by atoms with van der Waals surface area (Å²) in [7, 11) is 0. The zero-order chi connectivity index (χ0) is 14.0. The van der Waals surface area contributed by atoms with Crippen LogP contribution < -0.4 is 5.73 Å². The number of amides is 1. The Morgan fingerprint density at radius 3 is 2.63 bits per heavy atom. The Balaban J connectivity index is 2.12. The average molecular weight is 281 g/mol. The van der Waals surface area contributed by atoms with E-state index in [1.165, 1.54) is 0 Å². The van der Waals surface area contributed by atoms with Gasteiger partial charge in [0.25, 0.3) is 0 Å². The lowest BCUT2D eigenvalue weighted by atomic mass is 9.95. The summed E-state index contributed by atoms with van der Waals surface area (Å²) in [5, 5.41) is 0.693. The number of benzene rings is 1. The van der Waals surface area contributed by atoms with Crippen LogP contribution >= 0.6 is 11.6 Å². The van der Waals surface area contributed by atoms with Gasteiger partial charge in [-0.2, -0.15) is 0 Å². The highest BCUT2D eigenvalue weighted by molar-refractivity contribution is 6.31. The molecule has 3 nitrogen and oxygen atoms in total. The molecular formula is C15H21ClN2O. The number of nitrogens with zero attached hydrogens (tertiary/aromatic N) is 1. The highest BCUT2D eigenvalue weighted by Gasteiger charge is 2.45. The van der Waals surface area contributed by atoms with Gasteiger partial charge in [0.1, 0.15) is 0 Å². The Morgan fingerprint density at radius 2 is 2.11 bits per heavy atom. The number of halogens is 1. The van der Waals surface area contributed by atoms with Crippen molar-refractivity contribution in [3.8, 4) is 0 Å². The van der Waals surface area contributed by atoms with E-state index in [-0.39, 0.29) is 5.91 Å². The van der Waals surface area contributed by atoms with Crippen molar-refractivity contribution in [1.82, 2.24) is 4.90 Å². The highest BCUT2D eigenvalue weighted by Crippen LogP contribution is 2.39. The Labute approximate surface area is 119 Å². The second-order valence-corrected chi connectivity index (χ2v) is 5.87. The molecule has 0 aliphatic heterocycles. The van der Waals surface area contributed by atoms with E-state index in [0.29, 0.717) is 24.0 Å². The van der Waals surface area contributed by atoms with Crippen LogP contribution in [0.3, 0.4) is 0 Å². The van der Waals surface area contributed by atoms with Gasteiger partial charge in [-0.25, -0.2) is 0 Å². The smallest absolute Gasteiger partial charge is 0.242 e. The van der Waals surface area contributed by atoms with Crippen LogP contribution in [-0.4, -0.2) is 22.9 Å². The van der Waals surface area contributed by atoms with Crippen LogP contribution in [0.25, 0.3) is 0 Å². The Bertz CT molecular complexity index is 469. The van der Waals surface area contributed by atoms with Crippen molar-refractivity contribution in [2.24, 2.45) is 11.7 Å². The second kappa shape index (κ2) is 5.51. The van der Waals surface area contributed by atoms with E-state index in [0.717, 1.165) is 18.4 Å². The molecule has 0 bridgehead atoms. The molecule has 1 unspecified atom stereocenters.